The highest BCUT2D eigenvalue weighted by Crippen LogP contribution is 1.88. The highest BCUT2D eigenvalue weighted by molar-refractivity contribution is 5.83. The summed E-state index contributed by atoms with van der Waals surface area (Å²) in [7, 11) is 1.28. The van der Waals surface area contributed by atoms with Crippen molar-refractivity contribution in [1.29, 1.82) is 0 Å². The van der Waals surface area contributed by atoms with Gasteiger partial charge in [0.15, 0.2) is 0 Å². The van der Waals surface area contributed by atoms with Gasteiger partial charge in [0, 0.05) is 12.4 Å². The summed E-state index contributed by atoms with van der Waals surface area (Å²) in [5, 5.41) is 6.36. The van der Waals surface area contributed by atoms with Crippen LogP contribution in [0.15, 0.2) is 18.5 Å². The Balaban J connectivity index is 2.39. The van der Waals surface area contributed by atoms with Crippen LogP contribution in [0.1, 0.15) is 6.92 Å². The summed E-state index contributed by atoms with van der Waals surface area (Å²) < 4.78 is 5.94. The maximum Gasteiger partial charge on any atom is 0.328 e. The van der Waals surface area contributed by atoms with Gasteiger partial charge in [0.25, 0.3) is 0 Å². The molecule has 82 valence electrons. The van der Waals surface area contributed by atoms with Gasteiger partial charge in [-0.2, -0.15) is 5.10 Å². The van der Waals surface area contributed by atoms with Gasteiger partial charge in [0.2, 0.25) is 5.91 Å². The first-order chi connectivity index (χ1) is 7.13. The zero-order chi connectivity index (χ0) is 11.3. The Hall–Kier alpha value is -1.85. The number of aromatic nitrogens is 2. The van der Waals surface area contributed by atoms with Crippen LogP contribution in [0.3, 0.4) is 0 Å². The molecule has 15 heavy (non-hydrogen) atoms. The number of rotatable bonds is 4. The van der Waals surface area contributed by atoms with Crippen LogP contribution in [0.25, 0.3) is 0 Å². The highest BCUT2D eigenvalue weighted by atomic mass is 16.5. The monoisotopic (exact) mass is 211 g/mol. The predicted molar refractivity (Wildman–Crippen MR) is 51.8 cm³/mol. The number of hydrogen-bond donors (Lipinski definition) is 1. The zero-order valence-electron chi connectivity index (χ0n) is 8.64. The number of carbonyl (C=O) groups excluding carboxylic acids is 2. The number of amides is 1. The maximum atomic E-state index is 11.4. The van der Waals surface area contributed by atoms with Gasteiger partial charge in [-0.1, -0.05) is 0 Å². The smallest absolute Gasteiger partial charge is 0.328 e. The van der Waals surface area contributed by atoms with Crippen molar-refractivity contribution in [2.45, 2.75) is 19.5 Å². The van der Waals surface area contributed by atoms with Gasteiger partial charge in [-0.25, -0.2) is 4.79 Å². The minimum atomic E-state index is -0.641. The van der Waals surface area contributed by atoms with E-state index in [-0.39, 0.29) is 12.5 Å². The van der Waals surface area contributed by atoms with Crippen molar-refractivity contribution in [2.75, 3.05) is 7.11 Å². The van der Waals surface area contributed by atoms with Gasteiger partial charge in [-0.3, -0.25) is 9.48 Å². The first-order valence-corrected chi connectivity index (χ1v) is 4.48. The van der Waals surface area contributed by atoms with Crippen molar-refractivity contribution >= 4 is 11.9 Å². The molecule has 6 nitrogen and oxygen atoms in total. The lowest BCUT2D eigenvalue weighted by molar-refractivity contribution is -0.144. The van der Waals surface area contributed by atoms with Crippen molar-refractivity contribution in [1.82, 2.24) is 15.1 Å². The minimum Gasteiger partial charge on any atom is -0.467 e. The molecule has 0 aliphatic rings. The van der Waals surface area contributed by atoms with Gasteiger partial charge in [-0.15, -0.1) is 0 Å². The molecule has 6 heteroatoms. The van der Waals surface area contributed by atoms with E-state index in [1.807, 2.05) is 0 Å². The van der Waals surface area contributed by atoms with E-state index in [9.17, 15) is 9.59 Å². The second-order valence-corrected chi connectivity index (χ2v) is 3.02. The van der Waals surface area contributed by atoms with E-state index in [1.54, 1.807) is 25.4 Å². The van der Waals surface area contributed by atoms with Crippen LogP contribution >= 0.6 is 0 Å². The number of esters is 1. The maximum absolute atomic E-state index is 11.4. The second kappa shape index (κ2) is 5.14. The predicted octanol–water partition coefficient (Wildman–Crippen LogP) is -0.439. The Morgan fingerprint density at radius 1 is 1.60 bits per heavy atom. The highest BCUT2D eigenvalue weighted by Gasteiger charge is 2.15. The third kappa shape index (κ3) is 3.41. The molecule has 1 aromatic rings. The van der Waals surface area contributed by atoms with E-state index >= 15 is 0 Å². The number of nitrogens with one attached hydrogen (secondary N) is 1. The van der Waals surface area contributed by atoms with Crippen molar-refractivity contribution < 1.29 is 14.3 Å². The van der Waals surface area contributed by atoms with Crippen molar-refractivity contribution in [2.24, 2.45) is 0 Å². The molecule has 0 saturated carbocycles. The van der Waals surface area contributed by atoms with Crippen LogP contribution in [0.5, 0.6) is 0 Å². The molecule has 1 aromatic heterocycles. The average Bonchev–Trinajstić information content (AvgIpc) is 2.68. The standard InChI is InChI=1S/C9H13N3O3/c1-7(9(14)15-2)11-8(13)6-12-5-3-4-10-12/h3-5,7H,6H2,1-2H3,(H,11,13). The summed E-state index contributed by atoms with van der Waals surface area (Å²) in [6.07, 6.45) is 3.25. The van der Waals surface area contributed by atoms with Gasteiger partial charge in [-0.05, 0) is 13.0 Å². The minimum absolute atomic E-state index is 0.0916. The zero-order valence-corrected chi connectivity index (χ0v) is 8.64. The summed E-state index contributed by atoms with van der Waals surface area (Å²) in [6, 6.07) is 1.08. The SMILES string of the molecule is COC(=O)C(C)NC(=O)Cn1cccn1. The lowest BCUT2D eigenvalue weighted by atomic mass is 10.3. The third-order valence-electron chi connectivity index (χ3n) is 1.80. The molecule has 1 amide bonds. The van der Waals surface area contributed by atoms with Crippen molar-refractivity contribution in [3.05, 3.63) is 18.5 Å². The Kier molecular flexibility index (Phi) is 3.84. The molecule has 1 N–H and O–H groups in total. The first kappa shape index (κ1) is 11.2. The Bertz CT molecular complexity index is 334. The van der Waals surface area contributed by atoms with E-state index < -0.39 is 12.0 Å². The fraction of sp³-hybridized carbons (Fsp3) is 0.444. The lowest BCUT2D eigenvalue weighted by Gasteiger charge is -2.11. The summed E-state index contributed by atoms with van der Waals surface area (Å²) in [4.78, 5) is 22.4. The lowest BCUT2D eigenvalue weighted by Crippen LogP contribution is -2.40. The van der Waals surface area contributed by atoms with Crippen LogP contribution in [0.4, 0.5) is 0 Å². The summed E-state index contributed by atoms with van der Waals surface area (Å²) in [6.45, 7) is 1.65. The first-order valence-electron chi connectivity index (χ1n) is 4.48. The number of hydrogen-bond acceptors (Lipinski definition) is 4. The molecule has 0 spiro atoms. The largest absolute Gasteiger partial charge is 0.467 e. The Morgan fingerprint density at radius 2 is 2.33 bits per heavy atom. The van der Waals surface area contributed by atoms with Gasteiger partial charge in [0.05, 0.1) is 7.11 Å². The summed E-state index contributed by atoms with van der Waals surface area (Å²) in [5.74, 6) is -0.750. The van der Waals surface area contributed by atoms with E-state index in [2.05, 4.69) is 15.2 Å². The molecular formula is C9H13N3O3. The molecule has 0 bridgehead atoms. The van der Waals surface area contributed by atoms with Crippen LogP contribution in [0.2, 0.25) is 0 Å². The molecule has 1 atom stereocenters. The van der Waals surface area contributed by atoms with Gasteiger partial charge >= 0.3 is 5.97 Å². The molecule has 0 saturated heterocycles. The van der Waals surface area contributed by atoms with Crippen LogP contribution < -0.4 is 5.32 Å². The average molecular weight is 211 g/mol. The van der Waals surface area contributed by atoms with Crippen molar-refractivity contribution in [3.8, 4) is 0 Å². The Labute approximate surface area is 87.2 Å². The fourth-order valence-corrected chi connectivity index (χ4v) is 1.06. The van der Waals surface area contributed by atoms with Crippen LogP contribution in [0, 0.1) is 0 Å². The van der Waals surface area contributed by atoms with E-state index in [1.165, 1.54) is 11.8 Å². The number of methoxy groups -OCH3 is 1. The molecule has 0 aliphatic carbocycles. The van der Waals surface area contributed by atoms with E-state index in [0.717, 1.165) is 0 Å². The summed E-state index contributed by atoms with van der Waals surface area (Å²) >= 11 is 0. The molecular weight excluding hydrogens is 198 g/mol. The van der Waals surface area contributed by atoms with Crippen LogP contribution in [-0.4, -0.2) is 34.8 Å². The van der Waals surface area contributed by atoms with Gasteiger partial charge < -0.3 is 10.1 Å². The molecule has 0 aromatic carbocycles. The summed E-state index contributed by atoms with van der Waals surface area (Å²) in [5.41, 5.74) is 0. The van der Waals surface area contributed by atoms with Crippen molar-refractivity contribution in [3.63, 3.8) is 0 Å². The fourth-order valence-electron chi connectivity index (χ4n) is 1.06. The third-order valence-corrected chi connectivity index (χ3v) is 1.80. The molecule has 0 aliphatic heterocycles. The second-order valence-electron chi connectivity index (χ2n) is 3.02. The number of ether oxygens (including phenoxy) is 1. The number of carbonyl (C=O) groups is 2. The molecule has 0 radical (unpaired) electrons. The van der Waals surface area contributed by atoms with Gasteiger partial charge in [0.1, 0.15) is 12.6 Å². The molecule has 1 unspecified atom stereocenters. The quantitative estimate of drug-likeness (QED) is 0.685. The normalized spacial score (nSPS) is 11.9. The Morgan fingerprint density at radius 3 is 2.87 bits per heavy atom. The topological polar surface area (TPSA) is 73.2 Å². The molecule has 0 fully saturated rings. The van der Waals surface area contributed by atoms with Crippen LogP contribution in [-0.2, 0) is 20.9 Å². The van der Waals surface area contributed by atoms with E-state index in [0.29, 0.717) is 0 Å². The number of nitrogens with zero attached hydrogens (tertiary/aromatic N) is 2. The molecule has 1 heterocycles. The van der Waals surface area contributed by atoms with E-state index in [4.69, 9.17) is 0 Å². The molecule has 1 rings (SSSR count).